The van der Waals surface area contributed by atoms with E-state index in [9.17, 15) is 14.0 Å². The molecule has 2 fully saturated rings. The number of carbonyl (C=O) groups is 2. The highest BCUT2D eigenvalue weighted by molar-refractivity contribution is 5.90. The standard InChI is InChI=1S/C28H35FN6O2/c1-18(30-2)27(36)33-26(19-7-4-3-5-8-19)28(37)35-13-6-9-24(35)22-16-25(32-17-31-22)34-14-12-20-15-21(29)10-11-23(20)34/h10-12,14-19,24,26,30H,3-9,13H2,1-2H3,(H,33,36)/t18-,24-,26-/m0/s1. The molecule has 37 heavy (non-hydrogen) atoms. The van der Waals surface area contributed by atoms with Crippen molar-refractivity contribution in [3.8, 4) is 5.82 Å². The number of hydrogen-bond donors (Lipinski definition) is 2. The summed E-state index contributed by atoms with van der Waals surface area (Å²) in [5, 5.41) is 6.85. The number of carbonyl (C=O) groups excluding carboxylic acids is 2. The summed E-state index contributed by atoms with van der Waals surface area (Å²) < 4.78 is 15.6. The van der Waals surface area contributed by atoms with Crippen molar-refractivity contribution in [3.05, 3.63) is 54.4 Å². The number of likely N-dealkylation sites (N-methyl/N-ethyl adjacent to an activating group) is 1. The third kappa shape index (κ3) is 5.23. The molecule has 1 saturated heterocycles. The van der Waals surface area contributed by atoms with Gasteiger partial charge in [-0.25, -0.2) is 14.4 Å². The summed E-state index contributed by atoms with van der Waals surface area (Å²) in [5.74, 6) is 0.363. The fourth-order valence-corrected chi connectivity index (χ4v) is 5.76. The van der Waals surface area contributed by atoms with Crippen molar-refractivity contribution in [1.29, 1.82) is 0 Å². The van der Waals surface area contributed by atoms with Crippen molar-refractivity contribution in [3.63, 3.8) is 0 Å². The fraction of sp³-hybridized carbons (Fsp3) is 0.500. The number of nitrogens with zero attached hydrogens (tertiary/aromatic N) is 4. The lowest BCUT2D eigenvalue weighted by atomic mass is 9.83. The van der Waals surface area contributed by atoms with E-state index >= 15 is 0 Å². The van der Waals surface area contributed by atoms with Crippen molar-refractivity contribution < 1.29 is 14.0 Å². The average molecular weight is 507 g/mol. The lowest BCUT2D eigenvalue weighted by molar-refractivity contribution is -0.139. The van der Waals surface area contributed by atoms with E-state index in [-0.39, 0.29) is 35.6 Å². The van der Waals surface area contributed by atoms with Crippen LogP contribution in [0.4, 0.5) is 4.39 Å². The van der Waals surface area contributed by atoms with Gasteiger partial charge in [0.1, 0.15) is 24.0 Å². The number of halogens is 1. The molecule has 1 aliphatic heterocycles. The van der Waals surface area contributed by atoms with Crippen LogP contribution in [-0.4, -0.2) is 56.9 Å². The molecule has 9 heteroatoms. The first kappa shape index (κ1) is 25.3. The summed E-state index contributed by atoms with van der Waals surface area (Å²) in [7, 11) is 1.75. The van der Waals surface area contributed by atoms with E-state index in [2.05, 4.69) is 20.6 Å². The van der Waals surface area contributed by atoms with Crippen molar-refractivity contribution in [2.75, 3.05) is 13.6 Å². The summed E-state index contributed by atoms with van der Waals surface area (Å²) in [6.07, 6.45) is 10.3. The predicted octanol–water partition coefficient (Wildman–Crippen LogP) is 3.90. The van der Waals surface area contributed by atoms with Gasteiger partial charge in [0, 0.05) is 24.2 Å². The van der Waals surface area contributed by atoms with E-state index in [0.717, 1.165) is 55.1 Å². The quantitative estimate of drug-likeness (QED) is 0.507. The molecule has 0 spiro atoms. The van der Waals surface area contributed by atoms with Crippen LogP contribution in [0.3, 0.4) is 0 Å². The van der Waals surface area contributed by atoms with Gasteiger partial charge in [-0.3, -0.25) is 9.59 Å². The van der Waals surface area contributed by atoms with Gasteiger partial charge < -0.3 is 20.1 Å². The van der Waals surface area contributed by atoms with E-state index < -0.39 is 6.04 Å². The van der Waals surface area contributed by atoms with E-state index in [1.165, 1.54) is 24.9 Å². The van der Waals surface area contributed by atoms with Crippen LogP contribution in [0.1, 0.15) is 63.6 Å². The van der Waals surface area contributed by atoms with Crippen LogP contribution in [0.15, 0.2) is 42.9 Å². The summed E-state index contributed by atoms with van der Waals surface area (Å²) in [4.78, 5) is 37.7. The molecule has 3 aromatic rings. The van der Waals surface area contributed by atoms with E-state index in [1.54, 1.807) is 20.0 Å². The van der Waals surface area contributed by atoms with Gasteiger partial charge in [-0.2, -0.15) is 0 Å². The Morgan fingerprint density at radius 1 is 1.05 bits per heavy atom. The van der Waals surface area contributed by atoms with Gasteiger partial charge in [-0.05, 0) is 69.8 Å². The molecule has 3 heterocycles. The molecule has 2 aliphatic rings. The molecule has 0 unspecified atom stereocenters. The number of fused-ring (bicyclic) bond motifs is 1. The first-order chi connectivity index (χ1) is 18.0. The second-order valence-corrected chi connectivity index (χ2v) is 10.3. The number of hydrogen-bond acceptors (Lipinski definition) is 5. The van der Waals surface area contributed by atoms with Crippen LogP contribution in [0.2, 0.25) is 0 Å². The normalized spacial score (nSPS) is 20.2. The first-order valence-electron chi connectivity index (χ1n) is 13.3. The Kier molecular flexibility index (Phi) is 7.50. The number of benzene rings is 1. The average Bonchev–Trinajstić information content (AvgIpc) is 3.58. The van der Waals surface area contributed by atoms with Gasteiger partial charge >= 0.3 is 0 Å². The zero-order valence-electron chi connectivity index (χ0n) is 21.5. The van der Waals surface area contributed by atoms with Crippen LogP contribution in [0.25, 0.3) is 16.7 Å². The molecule has 8 nitrogen and oxygen atoms in total. The monoisotopic (exact) mass is 506 g/mol. The SMILES string of the molecule is CN[C@@H](C)C(=O)N[C@H](C(=O)N1CCC[C@H]1c1cc(-n2ccc3cc(F)ccc32)ncn1)C1CCCCC1. The maximum absolute atomic E-state index is 14.0. The van der Waals surface area contributed by atoms with E-state index in [4.69, 9.17) is 0 Å². The van der Waals surface area contributed by atoms with Crippen LogP contribution in [0, 0.1) is 11.7 Å². The molecule has 0 radical (unpaired) electrons. The topological polar surface area (TPSA) is 92.2 Å². The number of likely N-dealkylation sites (tertiary alicyclic amines) is 1. The summed E-state index contributed by atoms with van der Waals surface area (Å²) >= 11 is 0. The molecule has 1 aliphatic carbocycles. The highest BCUT2D eigenvalue weighted by Crippen LogP contribution is 2.35. The van der Waals surface area contributed by atoms with Gasteiger partial charge in [-0.15, -0.1) is 0 Å². The lowest BCUT2D eigenvalue weighted by Gasteiger charge is -2.35. The van der Waals surface area contributed by atoms with Crippen molar-refractivity contribution in [1.82, 2.24) is 30.1 Å². The third-order valence-corrected chi connectivity index (χ3v) is 7.96. The zero-order chi connectivity index (χ0) is 25.9. The Morgan fingerprint density at radius 2 is 1.86 bits per heavy atom. The fourth-order valence-electron chi connectivity index (χ4n) is 5.76. The molecule has 0 bridgehead atoms. The summed E-state index contributed by atoms with van der Waals surface area (Å²) in [6.45, 7) is 2.44. The third-order valence-electron chi connectivity index (χ3n) is 7.96. The first-order valence-corrected chi connectivity index (χ1v) is 13.3. The van der Waals surface area contributed by atoms with Crippen molar-refractivity contribution >= 4 is 22.7 Å². The maximum Gasteiger partial charge on any atom is 0.246 e. The molecule has 196 valence electrons. The van der Waals surface area contributed by atoms with Gasteiger partial charge in [0.15, 0.2) is 0 Å². The second-order valence-electron chi connectivity index (χ2n) is 10.3. The van der Waals surface area contributed by atoms with Gasteiger partial charge in [-0.1, -0.05) is 19.3 Å². The highest BCUT2D eigenvalue weighted by atomic mass is 19.1. The number of rotatable bonds is 7. The Bertz CT molecular complexity index is 1270. The molecular formula is C28H35FN6O2. The highest BCUT2D eigenvalue weighted by Gasteiger charge is 2.39. The molecule has 1 aromatic carbocycles. The molecular weight excluding hydrogens is 471 g/mol. The minimum atomic E-state index is -0.534. The summed E-state index contributed by atoms with van der Waals surface area (Å²) in [6, 6.07) is 7.36. The second kappa shape index (κ2) is 11.0. The Morgan fingerprint density at radius 3 is 2.65 bits per heavy atom. The van der Waals surface area contributed by atoms with Crippen LogP contribution >= 0.6 is 0 Å². The molecule has 2 N–H and O–H groups in total. The molecule has 5 rings (SSSR count). The molecule has 1 saturated carbocycles. The molecule has 2 amide bonds. The maximum atomic E-state index is 14.0. The lowest BCUT2D eigenvalue weighted by Crippen LogP contribution is -2.55. The Balaban J connectivity index is 1.42. The molecule has 3 atom stereocenters. The van der Waals surface area contributed by atoms with Gasteiger partial charge in [0.05, 0.1) is 23.3 Å². The van der Waals surface area contributed by atoms with Crippen LogP contribution in [-0.2, 0) is 9.59 Å². The zero-order valence-corrected chi connectivity index (χ0v) is 21.5. The van der Waals surface area contributed by atoms with E-state index in [1.807, 2.05) is 27.8 Å². The Labute approximate surface area is 216 Å². The predicted molar refractivity (Wildman–Crippen MR) is 140 cm³/mol. The van der Waals surface area contributed by atoms with Gasteiger partial charge in [0.25, 0.3) is 0 Å². The molecule has 2 aromatic heterocycles. The van der Waals surface area contributed by atoms with Gasteiger partial charge in [0.2, 0.25) is 11.8 Å². The number of nitrogens with one attached hydrogen (secondary N) is 2. The smallest absolute Gasteiger partial charge is 0.246 e. The minimum Gasteiger partial charge on any atom is -0.343 e. The van der Waals surface area contributed by atoms with Crippen molar-refractivity contribution in [2.24, 2.45) is 5.92 Å². The van der Waals surface area contributed by atoms with Crippen LogP contribution < -0.4 is 10.6 Å². The van der Waals surface area contributed by atoms with Crippen LogP contribution in [0.5, 0.6) is 0 Å². The van der Waals surface area contributed by atoms with E-state index in [0.29, 0.717) is 12.4 Å². The Hall–Kier alpha value is -3.33. The number of amides is 2. The largest absolute Gasteiger partial charge is 0.343 e. The van der Waals surface area contributed by atoms with Crippen molar-refractivity contribution in [2.45, 2.75) is 70.0 Å². The number of aromatic nitrogens is 3. The minimum absolute atomic E-state index is 0.0203. The summed E-state index contributed by atoms with van der Waals surface area (Å²) in [5.41, 5.74) is 1.63.